The van der Waals surface area contributed by atoms with Crippen LogP contribution in [0.4, 0.5) is 0 Å². The molecule has 0 saturated heterocycles. The maximum atomic E-state index is 8.76. The average molecular weight is 210 g/mol. The van der Waals surface area contributed by atoms with E-state index in [-0.39, 0.29) is 0 Å². The van der Waals surface area contributed by atoms with Crippen molar-refractivity contribution in [3.63, 3.8) is 0 Å². The van der Waals surface area contributed by atoms with Crippen LogP contribution in [0.25, 0.3) is 11.3 Å². The van der Waals surface area contributed by atoms with E-state index < -0.39 is 0 Å². The number of nitrogens with zero attached hydrogens (tertiary/aromatic N) is 2. The molecule has 0 unspecified atom stereocenters. The van der Waals surface area contributed by atoms with Crippen LogP contribution in [0.15, 0.2) is 42.5 Å². The zero-order valence-electron chi connectivity index (χ0n) is 8.84. The molecule has 0 bridgehead atoms. The Morgan fingerprint density at radius 1 is 1.12 bits per heavy atom. The first kappa shape index (κ1) is 10.2. The summed E-state index contributed by atoms with van der Waals surface area (Å²) in [5.41, 5.74) is 2.19. The average Bonchev–Trinajstić information content (AvgIpc) is 2.39. The summed E-state index contributed by atoms with van der Waals surface area (Å²) in [6, 6.07) is 15.0. The maximum absolute atomic E-state index is 8.76. The molecule has 1 aromatic heterocycles. The molecule has 3 heteroatoms. The summed E-state index contributed by atoms with van der Waals surface area (Å²) in [5, 5.41) is 8.76. The van der Waals surface area contributed by atoms with E-state index in [0.717, 1.165) is 17.0 Å². The maximum Gasteiger partial charge on any atom is 0.141 e. The van der Waals surface area contributed by atoms with Crippen LogP contribution in [-0.2, 0) is 0 Å². The fraction of sp³-hybridized carbons (Fsp3) is 0.0769. The minimum Gasteiger partial charge on any atom is -0.497 e. The molecule has 0 N–H and O–H groups in total. The Morgan fingerprint density at radius 3 is 2.50 bits per heavy atom. The van der Waals surface area contributed by atoms with E-state index in [4.69, 9.17) is 10.00 Å². The lowest BCUT2D eigenvalue weighted by molar-refractivity contribution is 0.415. The van der Waals surface area contributed by atoms with Gasteiger partial charge in [-0.3, -0.25) is 0 Å². The van der Waals surface area contributed by atoms with Crippen LogP contribution in [0.2, 0.25) is 0 Å². The molecular formula is C13H10N2O. The molecule has 0 aliphatic rings. The van der Waals surface area contributed by atoms with Gasteiger partial charge in [0.2, 0.25) is 0 Å². The molecule has 0 fully saturated rings. The molecule has 3 nitrogen and oxygen atoms in total. The Bertz CT molecular complexity index is 526. The van der Waals surface area contributed by atoms with Gasteiger partial charge in [-0.2, -0.15) is 5.26 Å². The van der Waals surface area contributed by atoms with Gasteiger partial charge in [-0.1, -0.05) is 6.07 Å². The summed E-state index contributed by atoms with van der Waals surface area (Å²) in [6.07, 6.45) is 0. The monoisotopic (exact) mass is 210 g/mol. The second-order valence-electron chi connectivity index (χ2n) is 3.25. The summed E-state index contributed by atoms with van der Waals surface area (Å²) < 4.78 is 5.08. The van der Waals surface area contributed by atoms with E-state index in [1.807, 2.05) is 42.5 Å². The lowest BCUT2D eigenvalue weighted by Gasteiger charge is -2.02. The molecule has 0 atom stereocenters. The highest BCUT2D eigenvalue weighted by Crippen LogP contribution is 2.20. The number of methoxy groups -OCH3 is 1. The first-order valence-electron chi connectivity index (χ1n) is 4.85. The number of hydrogen-bond donors (Lipinski definition) is 0. The normalized spacial score (nSPS) is 9.50. The van der Waals surface area contributed by atoms with Gasteiger partial charge in [0.15, 0.2) is 0 Å². The summed E-state index contributed by atoms with van der Waals surface area (Å²) in [6.45, 7) is 0. The number of aromatic nitrogens is 1. The minimum absolute atomic E-state index is 0.424. The Labute approximate surface area is 93.9 Å². The Morgan fingerprint density at radius 2 is 1.88 bits per heavy atom. The van der Waals surface area contributed by atoms with Crippen molar-refractivity contribution in [2.75, 3.05) is 7.11 Å². The van der Waals surface area contributed by atoms with Crippen molar-refractivity contribution in [2.45, 2.75) is 0 Å². The van der Waals surface area contributed by atoms with Crippen molar-refractivity contribution >= 4 is 0 Å². The second kappa shape index (κ2) is 4.45. The molecule has 0 aliphatic carbocycles. The number of rotatable bonds is 2. The molecule has 0 amide bonds. The molecule has 2 aromatic rings. The zero-order valence-corrected chi connectivity index (χ0v) is 8.84. The van der Waals surface area contributed by atoms with E-state index >= 15 is 0 Å². The number of hydrogen-bond acceptors (Lipinski definition) is 3. The molecule has 0 spiro atoms. The summed E-state index contributed by atoms with van der Waals surface area (Å²) in [5.74, 6) is 0.806. The summed E-state index contributed by atoms with van der Waals surface area (Å²) >= 11 is 0. The molecule has 2 rings (SSSR count). The van der Waals surface area contributed by atoms with Gasteiger partial charge in [-0.25, -0.2) is 4.98 Å². The third-order valence-corrected chi connectivity index (χ3v) is 2.25. The summed E-state index contributed by atoms with van der Waals surface area (Å²) in [4.78, 5) is 4.22. The zero-order chi connectivity index (χ0) is 11.4. The third-order valence-electron chi connectivity index (χ3n) is 2.25. The van der Waals surface area contributed by atoms with Gasteiger partial charge in [0.25, 0.3) is 0 Å². The van der Waals surface area contributed by atoms with Crippen molar-refractivity contribution in [1.29, 1.82) is 5.26 Å². The molecule has 0 saturated carbocycles. The number of benzene rings is 1. The number of pyridine rings is 1. The summed E-state index contributed by atoms with van der Waals surface area (Å²) in [7, 11) is 1.63. The van der Waals surface area contributed by atoms with Crippen molar-refractivity contribution < 1.29 is 4.74 Å². The van der Waals surface area contributed by atoms with Crippen LogP contribution in [0, 0.1) is 11.3 Å². The molecule has 0 radical (unpaired) electrons. The van der Waals surface area contributed by atoms with Crippen LogP contribution in [-0.4, -0.2) is 12.1 Å². The van der Waals surface area contributed by atoms with E-state index in [2.05, 4.69) is 4.98 Å². The number of nitriles is 1. The van der Waals surface area contributed by atoms with Crippen LogP contribution >= 0.6 is 0 Å². The standard InChI is InChI=1S/C13H10N2O/c1-16-12-7-5-10(6-8-12)13-4-2-3-11(9-14)15-13/h2-8H,1H3. The molecule has 78 valence electrons. The number of ether oxygens (including phenoxy) is 1. The van der Waals surface area contributed by atoms with Gasteiger partial charge in [0.05, 0.1) is 12.8 Å². The fourth-order valence-electron chi connectivity index (χ4n) is 1.42. The van der Waals surface area contributed by atoms with Gasteiger partial charge >= 0.3 is 0 Å². The fourth-order valence-corrected chi connectivity index (χ4v) is 1.42. The lowest BCUT2D eigenvalue weighted by Crippen LogP contribution is -1.87. The molecule has 1 heterocycles. The van der Waals surface area contributed by atoms with Gasteiger partial charge in [0.1, 0.15) is 17.5 Å². The smallest absolute Gasteiger partial charge is 0.141 e. The van der Waals surface area contributed by atoms with Gasteiger partial charge in [-0.15, -0.1) is 0 Å². The van der Waals surface area contributed by atoms with Crippen molar-refractivity contribution in [2.24, 2.45) is 0 Å². The van der Waals surface area contributed by atoms with Crippen molar-refractivity contribution in [1.82, 2.24) is 4.98 Å². The molecule has 0 aliphatic heterocycles. The molecular weight excluding hydrogens is 200 g/mol. The predicted molar refractivity (Wildman–Crippen MR) is 60.9 cm³/mol. The van der Waals surface area contributed by atoms with Crippen molar-refractivity contribution in [3.8, 4) is 23.1 Å². The first-order valence-corrected chi connectivity index (χ1v) is 4.85. The highest BCUT2D eigenvalue weighted by atomic mass is 16.5. The molecule has 1 aromatic carbocycles. The first-order chi connectivity index (χ1) is 7.83. The van der Waals surface area contributed by atoms with Crippen LogP contribution in [0.1, 0.15) is 5.69 Å². The van der Waals surface area contributed by atoms with Gasteiger partial charge < -0.3 is 4.74 Å². The topological polar surface area (TPSA) is 45.9 Å². The van der Waals surface area contributed by atoms with Crippen LogP contribution in [0.3, 0.4) is 0 Å². The van der Waals surface area contributed by atoms with E-state index in [1.54, 1.807) is 13.2 Å². The van der Waals surface area contributed by atoms with Gasteiger partial charge in [-0.05, 0) is 36.4 Å². The van der Waals surface area contributed by atoms with E-state index in [1.165, 1.54) is 0 Å². The van der Waals surface area contributed by atoms with E-state index in [0.29, 0.717) is 5.69 Å². The highest BCUT2D eigenvalue weighted by molar-refractivity contribution is 5.60. The van der Waals surface area contributed by atoms with Gasteiger partial charge in [0, 0.05) is 5.56 Å². The minimum atomic E-state index is 0.424. The predicted octanol–water partition coefficient (Wildman–Crippen LogP) is 2.63. The van der Waals surface area contributed by atoms with Crippen LogP contribution in [0.5, 0.6) is 5.75 Å². The Balaban J connectivity index is 2.39. The third kappa shape index (κ3) is 2.01. The molecule has 16 heavy (non-hydrogen) atoms. The highest BCUT2D eigenvalue weighted by Gasteiger charge is 2.00. The largest absolute Gasteiger partial charge is 0.497 e. The lowest BCUT2D eigenvalue weighted by atomic mass is 10.1. The second-order valence-corrected chi connectivity index (χ2v) is 3.25. The van der Waals surface area contributed by atoms with E-state index in [9.17, 15) is 0 Å². The Kier molecular flexibility index (Phi) is 2.84. The SMILES string of the molecule is COc1ccc(-c2cccc(C#N)n2)cc1. The van der Waals surface area contributed by atoms with Crippen molar-refractivity contribution in [3.05, 3.63) is 48.2 Å². The van der Waals surface area contributed by atoms with Crippen LogP contribution < -0.4 is 4.74 Å². The quantitative estimate of drug-likeness (QED) is 0.765. The Hall–Kier alpha value is -2.34.